The maximum atomic E-state index is 10.6. The Morgan fingerprint density at radius 2 is 0.712 bits per heavy atom. The summed E-state index contributed by atoms with van der Waals surface area (Å²) in [6, 6.07) is 82.9. The van der Waals surface area contributed by atoms with E-state index in [1.165, 1.54) is 48.7 Å². The normalized spacial score (nSPS) is 11.3. The number of hydrogen-bond acceptors (Lipinski definition) is 4. The molecule has 1 heterocycles. The fourth-order valence-electron chi connectivity index (χ4n) is 9.59. The van der Waals surface area contributed by atoms with Crippen LogP contribution >= 0.6 is 0 Å². The van der Waals surface area contributed by atoms with E-state index in [2.05, 4.69) is 182 Å². The molecule has 0 aliphatic carbocycles. The fraction of sp³-hybridized carbons (Fsp3) is 0. The summed E-state index contributed by atoms with van der Waals surface area (Å²) in [4.78, 5) is 15.2. The van der Waals surface area contributed by atoms with Crippen molar-refractivity contribution in [1.82, 2.24) is 15.0 Å². The standard InChI is InChI=1S/C62H38N4/c63-39-49-22-13-29-52(46-19-10-18-44(36-46)45-34-35-57-55-26-7-6-24-53(55)54-25-8-9-27-56(54)58(57)38-45)59(49)47-20-11-21-48(37-47)62-65-60(42-15-2-1-3-16-42)64-61(66-62)43-32-30-41(31-33-43)51-28-12-17-40-14-4-5-23-50(40)51/h1-38H. The zero-order valence-electron chi connectivity index (χ0n) is 35.7. The lowest BCUT2D eigenvalue weighted by atomic mass is 9.88. The molecule has 4 nitrogen and oxygen atoms in total. The van der Waals surface area contributed by atoms with Crippen molar-refractivity contribution in [2.24, 2.45) is 0 Å². The maximum Gasteiger partial charge on any atom is 0.164 e. The second-order valence-electron chi connectivity index (χ2n) is 16.6. The molecule has 306 valence electrons. The SMILES string of the molecule is N#Cc1cccc(-c2cccc(-c3ccc4c5ccccc5c5ccccc5c4c3)c2)c1-c1cccc(-c2nc(-c3ccccc3)nc(-c3ccc(-c4cccc5ccccc45)cc3)n2)c1. The smallest absolute Gasteiger partial charge is 0.164 e. The molecule has 0 aliphatic heterocycles. The second-order valence-corrected chi connectivity index (χ2v) is 16.6. The van der Waals surface area contributed by atoms with E-state index < -0.39 is 0 Å². The van der Waals surface area contributed by atoms with Crippen molar-refractivity contribution in [3.8, 4) is 84.7 Å². The van der Waals surface area contributed by atoms with Crippen molar-refractivity contribution >= 4 is 43.1 Å². The van der Waals surface area contributed by atoms with Gasteiger partial charge in [-0.2, -0.15) is 5.26 Å². The maximum absolute atomic E-state index is 10.6. The Morgan fingerprint density at radius 3 is 1.42 bits per heavy atom. The van der Waals surface area contributed by atoms with Gasteiger partial charge in [-0.05, 0) is 106 Å². The van der Waals surface area contributed by atoms with Crippen LogP contribution in [0.5, 0.6) is 0 Å². The number of benzene rings is 11. The minimum absolute atomic E-state index is 0.549. The second kappa shape index (κ2) is 16.3. The van der Waals surface area contributed by atoms with E-state index in [0.717, 1.165) is 55.6 Å². The van der Waals surface area contributed by atoms with Crippen LogP contribution in [0.3, 0.4) is 0 Å². The molecule has 0 atom stereocenters. The molecule has 0 aliphatic rings. The molecule has 66 heavy (non-hydrogen) atoms. The van der Waals surface area contributed by atoms with Crippen LogP contribution in [0.2, 0.25) is 0 Å². The highest BCUT2D eigenvalue weighted by Gasteiger charge is 2.18. The molecule has 0 fully saturated rings. The van der Waals surface area contributed by atoms with E-state index >= 15 is 0 Å². The summed E-state index contributed by atoms with van der Waals surface area (Å²) in [5.41, 5.74) is 11.5. The third-order valence-electron chi connectivity index (χ3n) is 12.8. The first-order valence-corrected chi connectivity index (χ1v) is 22.1. The number of nitrogens with zero attached hydrogens (tertiary/aromatic N) is 4. The first kappa shape index (κ1) is 38.6. The van der Waals surface area contributed by atoms with Crippen LogP contribution < -0.4 is 0 Å². The monoisotopic (exact) mass is 838 g/mol. The van der Waals surface area contributed by atoms with Crippen molar-refractivity contribution < 1.29 is 0 Å². The number of aromatic nitrogens is 3. The van der Waals surface area contributed by atoms with E-state index in [-0.39, 0.29) is 0 Å². The molecule has 0 saturated heterocycles. The summed E-state index contributed by atoms with van der Waals surface area (Å²) in [5.74, 6) is 1.72. The fourth-order valence-corrected chi connectivity index (χ4v) is 9.59. The van der Waals surface area contributed by atoms with Gasteiger partial charge in [0.25, 0.3) is 0 Å². The van der Waals surface area contributed by atoms with Gasteiger partial charge in [0.1, 0.15) is 0 Å². The lowest BCUT2D eigenvalue weighted by molar-refractivity contribution is 1.07. The van der Waals surface area contributed by atoms with Crippen LogP contribution in [0.4, 0.5) is 0 Å². The van der Waals surface area contributed by atoms with Crippen LogP contribution in [0.15, 0.2) is 231 Å². The predicted molar refractivity (Wildman–Crippen MR) is 273 cm³/mol. The summed E-state index contributed by atoms with van der Waals surface area (Å²) in [5, 5.41) is 20.5. The Labute approximate surface area is 382 Å². The molecule has 12 rings (SSSR count). The minimum atomic E-state index is 0.549. The molecule has 0 unspecified atom stereocenters. The Bertz CT molecular complexity index is 3840. The summed E-state index contributed by atoms with van der Waals surface area (Å²) >= 11 is 0. The van der Waals surface area contributed by atoms with Crippen molar-refractivity contribution in [2.75, 3.05) is 0 Å². The first-order chi connectivity index (χ1) is 32.7. The summed E-state index contributed by atoms with van der Waals surface area (Å²) < 4.78 is 0. The molecule has 0 N–H and O–H groups in total. The van der Waals surface area contributed by atoms with Gasteiger partial charge in [0.05, 0.1) is 11.6 Å². The first-order valence-electron chi connectivity index (χ1n) is 22.1. The average Bonchev–Trinajstić information content (AvgIpc) is 3.40. The van der Waals surface area contributed by atoms with Gasteiger partial charge in [0.2, 0.25) is 0 Å². The Balaban J connectivity index is 0.946. The zero-order valence-corrected chi connectivity index (χ0v) is 35.7. The molecule has 0 bridgehead atoms. The van der Waals surface area contributed by atoms with Gasteiger partial charge in [0.15, 0.2) is 17.5 Å². The predicted octanol–water partition coefficient (Wildman–Crippen LogP) is 16.0. The summed E-state index contributed by atoms with van der Waals surface area (Å²) in [7, 11) is 0. The van der Waals surface area contributed by atoms with Crippen LogP contribution in [-0.2, 0) is 0 Å². The quantitative estimate of drug-likeness (QED) is 0.150. The van der Waals surface area contributed by atoms with Crippen LogP contribution in [-0.4, -0.2) is 15.0 Å². The molecule has 4 heteroatoms. The Morgan fingerprint density at radius 1 is 0.273 bits per heavy atom. The van der Waals surface area contributed by atoms with Crippen LogP contribution in [0.25, 0.3) is 122 Å². The van der Waals surface area contributed by atoms with Crippen molar-refractivity contribution in [3.63, 3.8) is 0 Å². The van der Waals surface area contributed by atoms with Gasteiger partial charge < -0.3 is 0 Å². The molecular formula is C62H38N4. The number of fused-ring (bicyclic) bond motifs is 7. The number of nitriles is 1. The number of rotatable bonds is 7. The largest absolute Gasteiger partial charge is 0.208 e. The third-order valence-corrected chi connectivity index (χ3v) is 12.8. The molecule has 12 aromatic rings. The van der Waals surface area contributed by atoms with Gasteiger partial charge in [-0.1, -0.05) is 206 Å². The van der Waals surface area contributed by atoms with Gasteiger partial charge >= 0.3 is 0 Å². The number of hydrogen-bond donors (Lipinski definition) is 0. The summed E-state index contributed by atoms with van der Waals surface area (Å²) in [6.07, 6.45) is 0. The molecule has 0 spiro atoms. The van der Waals surface area contributed by atoms with Crippen LogP contribution in [0.1, 0.15) is 5.56 Å². The van der Waals surface area contributed by atoms with E-state index in [4.69, 9.17) is 15.0 Å². The van der Waals surface area contributed by atoms with Gasteiger partial charge in [0, 0.05) is 22.3 Å². The zero-order chi connectivity index (χ0) is 44.0. The van der Waals surface area contributed by atoms with Crippen LogP contribution in [0, 0.1) is 11.3 Å². The highest BCUT2D eigenvalue weighted by molar-refractivity contribution is 6.25. The summed E-state index contributed by atoms with van der Waals surface area (Å²) in [6.45, 7) is 0. The van der Waals surface area contributed by atoms with Crippen molar-refractivity contribution in [1.29, 1.82) is 5.26 Å². The van der Waals surface area contributed by atoms with Gasteiger partial charge in [-0.3, -0.25) is 0 Å². The molecule has 11 aromatic carbocycles. The highest BCUT2D eigenvalue weighted by atomic mass is 15.0. The van der Waals surface area contributed by atoms with Crippen molar-refractivity contribution in [3.05, 3.63) is 236 Å². The van der Waals surface area contributed by atoms with Gasteiger partial charge in [-0.25, -0.2) is 15.0 Å². The van der Waals surface area contributed by atoms with E-state index in [9.17, 15) is 5.26 Å². The minimum Gasteiger partial charge on any atom is -0.208 e. The Hall–Kier alpha value is -9.04. The third kappa shape index (κ3) is 6.84. The van der Waals surface area contributed by atoms with Crippen molar-refractivity contribution in [2.45, 2.75) is 0 Å². The highest BCUT2D eigenvalue weighted by Crippen LogP contribution is 2.41. The van der Waals surface area contributed by atoms with Gasteiger partial charge in [-0.15, -0.1) is 0 Å². The molecule has 0 amide bonds. The van der Waals surface area contributed by atoms with E-state index in [1.807, 2.05) is 54.6 Å². The molecule has 1 aromatic heterocycles. The lowest BCUT2D eigenvalue weighted by Crippen LogP contribution is -2.00. The Kier molecular flexibility index (Phi) is 9.51. The molecular weight excluding hydrogens is 801 g/mol. The molecule has 0 saturated carbocycles. The van der Waals surface area contributed by atoms with E-state index in [1.54, 1.807) is 0 Å². The lowest BCUT2D eigenvalue weighted by Gasteiger charge is -2.15. The average molecular weight is 839 g/mol. The molecule has 0 radical (unpaired) electrons. The van der Waals surface area contributed by atoms with E-state index in [0.29, 0.717) is 23.0 Å². The topological polar surface area (TPSA) is 62.5 Å².